The first-order chi connectivity index (χ1) is 11.8. The maximum absolute atomic E-state index is 12.5. The second-order valence-corrected chi connectivity index (χ2v) is 7.18. The highest BCUT2D eigenvalue weighted by molar-refractivity contribution is 5.95. The van der Waals surface area contributed by atoms with Crippen molar-refractivity contribution in [3.8, 4) is 11.8 Å². The van der Waals surface area contributed by atoms with E-state index in [0.717, 1.165) is 31.3 Å². The molecule has 1 aliphatic carbocycles. The van der Waals surface area contributed by atoms with E-state index in [1.807, 2.05) is 20.8 Å². The Morgan fingerprint density at radius 2 is 2.16 bits per heavy atom. The normalized spacial score (nSPS) is 30.1. The highest BCUT2D eigenvalue weighted by atomic mass is 16.7. The maximum atomic E-state index is 12.5. The van der Waals surface area contributed by atoms with Gasteiger partial charge in [0.15, 0.2) is 5.78 Å². The number of ether oxygens (including phenoxy) is 2. The van der Waals surface area contributed by atoms with Crippen LogP contribution in [0.25, 0.3) is 0 Å². The molecule has 0 heterocycles. The molecule has 25 heavy (non-hydrogen) atoms. The molecule has 0 aromatic rings. The van der Waals surface area contributed by atoms with Crippen molar-refractivity contribution in [2.75, 3.05) is 13.9 Å². The highest BCUT2D eigenvalue weighted by Gasteiger charge is 2.22. The average molecular weight is 344 g/mol. The molecule has 0 spiro atoms. The third-order valence-corrected chi connectivity index (χ3v) is 4.69. The molecule has 2 unspecified atom stereocenters. The number of hydrogen-bond donors (Lipinski definition) is 0. The molecule has 3 heteroatoms. The van der Waals surface area contributed by atoms with Crippen LogP contribution in [0, 0.1) is 17.8 Å². The molecule has 0 fully saturated rings. The van der Waals surface area contributed by atoms with E-state index in [9.17, 15) is 4.79 Å². The summed E-state index contributed by atoms with van der Waals surface area (Å²) in [5, 5.41) is 0. The van der Waals surface area contributed by atoms with Crippen molar-refractivity contribution in [3.63, 3.8) is 0 Å². The van der Waals surface area contributed by atoms with Gasteiger partial charge >= 0.3 is 0 Å². The van der Waals surface area contributed by atoms with E-state index >= 15 is 0 Å². The van der Waals surface area contributed by atoms with Gasteiger partial charge in [-0.15, -0.1) is 0 Å². The molecular weight excluding hydrogens is 312 g/mol. The van der Waals surface area contributed by atoms with Gasteiger partial charge < -0.3 is 9.47 Å². The van der Waals surface area contributed by atoms with Crippen LogP contribution in [-0.2, 0) is 14.3 Å². The monoisotopic (exact) mass is 344 g/mol. The van der Waals surface area contributed by atoms with Crippen LogP contribution < -0.4 is 0 Å². The van der Waals surface area contributed by atoms with Crippen LogP contribution in [0.2, 0.25) is 0 Å². The first kappa shape index (κ1) is 21.4. The lowest BCUT2D eigenvalue weighted by Gasteiger charge is -2.23. The van der Waals surface area contributed by atoms with Crippen LogP contribution in [0.15, 0.2) is 35.5 Å². The van der Waals surface area contributed by atoms with E-state index in [1.54, 1.807) is 13.2 Å². The van der Waals surface area contributed by atoms with Crippen molar-refractivity contribution in [1.29, 1.82) is 0 Å². The Kier molecular flexibility index (Phi) is 8.89. The Morgan fingerprint density at radius 3 is 2.80 bits per heavy atom. The summed E-state index contributed by atoms with van der Waals surface area (Å²) < 4.78 is 10.8. The van der Waals surface area contributed by atoms with E-state index < -0.39 is 5.60 Å². The fourth-order valence-electron chi connectivity index (χ4n) is 2.74. The standard InChI is InChI=1S/C22H32O3/c1-17(2)20-12-11-18(3)9-7-13-22(5,25-16-24-6)14-8-10-19(4)21(23)15-20/h9-10,20H,1,7,11-13,15-16H2,2-6H3/b18-9+,19-10+. The largest absolute Gasteiger partial charge is 0.359 e. The van der Waals surface area contributed by atoms with E-state index in [1.165, 1.54) is 5.57 Å². The Hall–Kier alpha value is -1.63. The van der Waals surface area contributed by atoms with E-state index in [-0.39, 0.29) is 18.5 Å². The van der Waals surface area contributed by atoms with Gasteiger partial charge in [-0.3, -0.25) is 4.79 Å². The Balaban J connectivity index is 3.08. The third-order valence-electron chi connectivity index (χ3n) is 4.69. The summed E-state index contributed by atoms with van der Waals surface area (Å²) in [6, 6.07) is 0. The minimum absolute atomic E-state index is 0.139. The summed E-state index contributed by atoms with van der Waals surface area (Å²) >= 11 is 0. The molecule has 0 N–H and O–H groups in total. The van der Waals surface area contributed by atoms with Crippen molar-refractivity contribution in [2.45, 2.75) is 65.4 Å². The first-order valence-corrected chi connectivity index (χ1v) is 8.94. The van der Waals surface area contributed by atoms with Crippen LogP contribution in [0.5, 0.6) is 0 Å². The van der Waals surface area contributed by atoms with Crippen molar-refractivity contribution in [2.24, 2.45) is 5.92 Å². The zero-order chi connectivity index (χ0) is 18.9. The quantitative estimate of drug-likeness (QED) is 0.409. The second-order valence-electron chi connectivity index (χ2n) is 7.18. The molecule has 1 aliphatic rings. The highest BCUT2D eigenvalue weighted by Crippen LogP contribution is 2.25. The molecule has 3 nitrogen and oxygen atoms in total. The molecule has 0 amide bonds. The number of carbonyl (C=O) groups excluding carboxylic acids is 1. The zero-order valence-corrected chi connectivity index (χ0v) is 16.4. The summed E-state index contributed by atoms with van der Waals surface area (Å²) in [7, 11) is 1.60. The van der Waals surface area contributed by atoms with Gasteiger partial charge in [0.1, 0.15) is 12.4 Å². The lowest BCUT2D eigenvalue weighted by molar-refractivity contribution is -0.116. The Bertz CT molecular complexity index is 600. The minimum atomic E-state index is -0.586. The van der Waals surface area contributed by atoms with Gasteiger partial charge in [0.05, 0.1) is 0 Å². The van der Waals surface area contributed by atoms with Crippen molar-refractivity contribution in [3.05, 3.63) is 35.5 Å². The lowest BCUT2D eigenvalue weighted by Crippen LogP contribution is -2.27. The fraction of sp³-hybridized carbons (Fsp3) is 0.591. The van der Waals surface area contributed by atoms with Crippen LogP contribution in [-0.4, -0.2) is 25.3 Å². The fourth-order valence-corrected chi connectivity index (χ4v) is 2.74. The number of hydrogen-bond acceptors (Lipinski definition) is 3. The topological polar surface area (TPSA) is 35.5 Å². The smallest absolute Gasteiger partial charge is 0.159 e. The summed E-state index contributed by atoms with van der Waals surface area (Å²) in [4.78, 5) is 12.5. The van der Waals surface area contributed by atoms with Crippen molar-refractivity contribution >= 4 is 5.78 Å². The van der Waals surface area contributed by atoms with Gasteiger partial charge in [-0.2, -0.15) is 0 Å². The number of rotatable bonds is 4. The van der Waals surface area contributed by atoms with E-state index in [0.29, 0.717) is 12.0 Å². The molecule has 0 aromatic heterocycles. The lowest BCUT2D eigenvalue weighted by atomic mass is 9.87. The predicted octanol–water partition coefficient (Wildman–Crippen LogP) is 4.99. The molecule has 0 saturated heterocycles. The van der Waals surface area contributed by atoms with Crippen LogP contribution >= 0.6 is 0 Å². The average Bonchev–Trinajstić information content (AvgIpc) is 2.55. The van der Waals surface area contributed by atoms with Gasteiger partial charge in [-0.1, -0.05) is 35.6 Å². The maximum Gasteiger partial charge on any atom is 0.159 e. The van der Waals surface area contributed by atoms with Crippen LogP contribution in [0.4, 0.5) is 0 Å². The van der Waals surface area contributed by atoms with E-state index in [4.69, 9.17) is 9.47 Å². The zero-order valence-electron chi connectivity index (χ0n) is 16.4. The molecular formula is C22H32O3. The first-order valence-electron chi connectivity index (χ1n) is 8.94. The number of allylic oxidation sites excluding steroid dienone is 5. The molecule has 138 valence electrons. The van der Waals surface area contributed by atoms with Crippen molar-refractivity contribution < 1.29 is 14.3 Å². The van der Waals surface area contributed by atoms with Crippen LogP contribution in [0.1, 0.15) is 59.8 Å². The van der Waals surface area contributed by atoms with Gasteiger partial charge in [0.25, 0.3) is 0 Å². The number of carbonyl (C=O) groups is 1. The molecule has 1 rings (SSSR count). The predicted molar refractivity (Wildman–Crippen MR) is 103 cm³/mol. The Morgan fingerprint density at radius 1 is 1.44 bits per heavy atom. The summed E-state index contributed by atoms with van der Waals surface area (Å²) in [6.45, 7) is 12.2. The SMILES string of the molecule is C=C(C)C1CC/C(C)=C/CCC(C)(OCOC)C#C/C=C(\C)C(=O)C1. The van der Waals surface area contributed by atoms with Crippen LogP contribution in [0.3, 0.4) is 0 Å². The molecule has 0 bridgehead atoms. The summed E-state index contributed by atoms with van der Waals surface area (Å²) in [5.74, 6) is 6.54. The van der Waals surface area contributed by atoms with E-state index in [2.05, 4.69) is 31.4 Å². The van der Waals surface area contributed by atoms with Gasteiger partial charge in [0.2, 0.25) is 0 Å². The van der Waals surface area contributed by atoms with Gasteiger partial charge in [0, 0.05) is 19.1 Å². The number of methoxy groups -OCH3 is 1. The van der Waals surface area contributed by atoms with Crippen molar-refractivity contribution in [1.82, 2.24) is 0 Å². The molecule has 0 aliphatic heterocycles. The second kappa shape index (κ2) is 10.4. The molecule has 0 saturated carbocycles. The van der Waals surface area contributed by atoms with Gasteiger partial charge in [-0.05, 0) is 65.4 Å². The summed E-state index contributed by atoms with van der Waals surface area (Å²) in [5.41, 5.74) is 2.52. The Labute approximate surface area is 153 Å². The van der Waals surface area contributed by atoms with Gasteiger partial charge in [-0.25, -0.2) is 0 Å². The molecule has 2 atom stereocenters. The third kappa shape index (κ3) is 7.86. The number of ketones is 1. The minimum Gasteiger partial charge on any atom is -0.359 e. The number of Topliss-reactive ketones (excluding diaryl/α,β-unsaturated/α-hetero) is 1. The summed E-state index contributed by atoms with van der Waals surface area (Å²) in [6.07, 6.45) is 8.09. The molecule has 0 aromatic carbocycles. The molecule has 0 radical (unpaired) electrons.